The molecule has 114 valence electrons. The van der Waals surface area contributed by atoms with Crippen LogP contribution in [0.2, 0.25) is 0 Å². The Kier molecular flexibility index (Phi) is 4.50. The van der Waals surface area contributed by atoms with Gasteiger partial charge in [-0.3, -0.25) is 9.59 Å². The van der Waals surface area contributed by atoms with Gasteiger partial charge in [0.05, 0.1) is 5.56 Å². The number of carbonyl (C=O) groups is 2. The smallest absolute Gasteiger partial charge is 0.257 e. The molecule has 0 aromatic heterocycles. The van der Waals surface area contributed by atoms with Gasteiger partial charge in [-0.25, -0.2) is 13.2 Å². The van der Waals surface area contributed by atoms with Crippen LogP contribution >= 0.6 is 0 Å². The molecule has 1 fully saturated rings. The number of amides is 2. The maximum atomic E-state index is 13.6. The second-order valence-electron chi connectivity index (χ2n) is 4.87. The molecular weight excluding hydrogens is 285 g/mol. The monoisotopic (exact) mass is 300 g/mol. The zero-order chi connectivity index (χ0) is 15.6. The molecule has 0 radical (unpaired) electrons. The number of hydrogen-bond donors (Lipinski definition) is 0. The highest BCUT2D eigenvalue weighted by Crippen LogP contribution is 2.18. The summed E-state index contributed by atoms with van der Waals surface area (Å²) in [6.45, 7) is 2.86. The Morgan fingerprint density at radius 2 is 1.57 bits per heavy atom. The number of halogens is 3. The van der Waals surface area contributed by atoms with Gasteiger partial charge in [0.15, 0.2) is 17.5 Å². The lowest BCUT2D eigenvalue weighted by atomic mass is 10.1. The predicted octanol–water partition coefficient (Wildman–Crippen LogP) is 1.80. The molecule has 0 N–H and O–H groups in total. The van der Waals surface area contributed by atoms with Gasteiger partial charge in [0.2, 0.25) is 5.91 Å². The minimum atomic E-state index is -1.65. The summed E-state index contributed by atoms with van der Waals surface area (Å²) in [6, 6.07) is 1.66. The Labute approximate surface area is 120 Å². The van der Waals surface area contributed by atoms with Crippen LogP contribution in [-0.4, -0.2) is 47.8 Å². The molecule has 0 spiro atoms. The molecule has 1 aromatic carbocycles. The van der Waals surface area contributed by atoms with Crippen molar-refractivity contribution in [2.45, 2.75) is 13.3 Å². The van der Waals surface area contributed by atoms with Crippen molar-refractivity contribution in [3.63, 3.8) is 0 Å². The van der Waals surface area contributed by atoms with Crippen LogP contribution in [0.1, 0.15) is 23.7 Å². The number of rotatable bonds is 1. The van der Waals surface area contributed by atoms with E-state index in [-0.39, 0.29) is 12.5 Å². The summed E-state index contributed by atoms with van der Waals surface area (Å²) in [6.07, 6.45) is 0.552. The lowest BCUT2D eigenvalue weighted by Gasteiger charge is -2.21. The van der Waals surface area contributed by atoms with E-state index < -0.39 is 28.9 Å². The molecular formula is C14H15F3N2O2. The quantitative estimate of drug-likeness (QED) is 0.742. The van der Waals surface area contributed by atoms with Crippen LogP contribution in [0, 0.1) is 17.5 Å². The molecule has 0 unspecified atom stereocenters. The Morgan fingerprint density at radius 3 is 2.24 bits per heavy atom. The van der Waals surface area contributed by atoms with Crippen molar-refractivity contribution < 1.29 is 22.8 Å². The fourth-order valence-corrected chi connectivity index (χ4v) is 2.30. The van der Waals surface area contributed by atoms with Crippen LogP contribution in [0.5, 0.6) is 0 Å². The first kappa shape index (κ1) is 15.3. The first-order valence-corrected chi connectivity index (χ1v) is 6.60. The van der Waals surface area contributed by atoms with Gasteiger partial charge in [0.1, 0.15) is 0 Å². The van der Waals surface area contributed by atoms with Gasteiger partial charge in [-0.05, 0) is 18.6 Å². The average Bonchev–Trinajstić information content (AvgIpc) is 2.70. The highest BCUT2D eigenvalue weighted by Gasteiger charge is 2.25. The summed E-state index contributed by atoms with van der Waals surface area (Å²) in [5, 5.41) is 0. The maximum Gasteiger partial charge on any atom is 0.257 e. The lowest BCUT2D eigenvalue weighted by Crippen LogP contribution is -2.37. The summed E-state index contributed by atoms with van der Waals surface area (Å²) in [5.41, 5.74) is -0.495. The van der Waals surface area contributed by atoms with Crippen molar-refractivity contribution in [2.75, 3.05) is 26.2 Å². The zero-order valence-electron chi connectivity index (χ0n) is 11.5. The molecule has 0 saturated carbocycles. The van der Waals surface area contributed by atoms with Gasteiger partial charge in [-0.1, -0.05) is 0 Å². The third-order valence-corrected chi connectivity index (χ3v) is 3.49. The second kappa shape index (κ2) is 6.15. The summed E-state index contributed by atoms with van der Waals surface area (Å²) < 4.78 is 39.7. The SMILES string of the molecule is CC(=O)N1CCCN(C(=O)c2ccc(F)c(F)c2F)CC1. The Hall–Kier alpha value is -2.05. The largest absolute Gasteiger partial charge is 0.341 e. The zero-order valence-corrected chi connectivity index (χ0v) is 11.5. The summed E-state index contributed by atoms with van der Waals surface area (Å²) in [4.78, 5) is 26.5. The first-order valence-electron chi connectivity index (χ1n) is 6.60. The van der Waals surface area contributed by atoms with E-state index in [1.165, 1.54) is 11.8 Å². The Morgan fingerprint density at radius 1 is 0.952 bits per heavy atom. The van der Waals surface area contributed by atoms with E-state index in [1.807, 2.05) is 0 Å². The number of hydrogen-bond acceptors (Lipinski definition) is 2. The minimum Gasteiger partial charge on any atom is -0.341 e. The Balaban J connectivity index is 2.17. The van der Waals surface area contributed by atoms with Gasteiger partial charge in [-0.15, -0.1) is 0 Å². The van der Waals surface area contributed by atoms with E-state index in [0.717, 1.165) is 12.1 Å². The van der Waals surface area contributed by atoms with Crippen LogP contribution < -0.4 is 0 Å². The van der Waals surface area contributed by atoms with Gasteiger partial charge in [0.25, 0.3) is 5.91 Å². The molecule has 2 rings (SSSR count). The standard InChI is InChI=1S/C14H15F3N2O2/c1-9(20)18-5-2-6-19(8-7-18)14(21)10-3-4-11(15)13(17)12(10)16/h3-4H,2,5-8H2,1H3. The fourth-order valence-electron chi connectivity index (χ4n) is 2.30. The van der Waals surface area contributed by atoms with Gasteiger partial charge >= 0.3 is 0 Å². The summed E-state index contributed by atoms with van der Waals surface area (Å²) >= 11 is 0. The van der Waals surface area contributed by atoms with Crippen LogP contribution in [0.15, 0.2) is 12.1 Å². The summed E-state index contributed by atoms with van der Waals surface area (Å²) in [5.74, 6) is -5.25. The van der Waals surface area contributed by atoms with E-state index in [0.29, 0.717) is 26.1 Å². The molecule has 7 heteroatoms. The van der Waals surface area contributed by atoms with Crippen molar-refractivity contribution >= 4 is 11.8 Å². The topological polar surface area (TPSA) is 40.6 Å². The highest BCUT2D eigenvalue weighted by atomic mass is 19.2. The van der Waals surface area contributed by atoms with Crippen molar-refractivity contribution in [1.29, 1.82) is 0 Å². The molecule has 0 bridgehead atoms. The van der Waals surface area contributed by atoms with Crippen LogP contribution in [0.3, 0.4) is 0 Å². The molecule has 1 aromatic rings. The maximum absolute atomic E-state index is 13.6. The third kappa shape index (κ3) is 3.17. The van der Waals surface area contributed by atoms with Crippen LogP contribution in [-0.2, 0) is 4.79 Å². The number of benzene rings is 1. The molecule has 0 atom stereocenters. The molecule has 1 saturated heterocycles. The minimum absolute atomic E-state index is 0.0942. The van der Waals surface area contributed by atoms with Crippen molar-refractivity contribution in [3.8, 4) is 0 Å². The van der Waals surface area contributed by atoms with E-state index >= 15 is 0 Å². The molecule has 21 heavy (non-hydrogen) atoms. The lowest BCUT2D eigenvalue weighted by molar-refractivity contribution is -0.128. The Bertz CT molecular complexity index is 578. The van der Waals surface area contributed by atoms with Gasteiger partial charge < -0.3 is 9.80 Å². The van der Waals surface area contributed by atoms with Crippen molar-refractivity contribution in [2.24, 2.45) is 0 Å². The van der Waals surface area contributed by atoms with E-state index in [9.17, 15) is 22.8 Å². The highest BCUT2D eigenvalue weighted by molar-refractivity contribution is 5.94. The molecule has 1 aliphatic rings. The number of carbonyl (C=O) groups excluding carboxylic acids is 2. The van der Waals surface area contributed by atoms with Crippen molar-refractivity contribution in [3.05, 3.63) is 35.1 Å². The van der Waals surface area contributed by atoms with E-state index in [1.54, 1.807) is 4.90 Å². The molecule has 2 amide bonds. The normalized spacial score (nSPS) is 15.8. The summed E-state index contributed by atoms with van der Waals surface area (Å²) in [7, 11) is 0. The van der Waals surface area contributed by atoms with Gasteiger partial charge in [-0.2, -0.15) is 0 Å². The van der Waals surface area contributed by atoms with E-state index in [2.05, 4.69) is 0 Å². The van der Waals surface area contributed by atoms with Crippen LogP contribution in [0.25, 0.3) is 0 Å². The molecule has 4 nitrogen and oxygen atoms in total. The van der Waals surface area contributed by atoms with Crippen LogP contribution in [0.4, 0.5) is 13.2 Å². The second-order valence-corrected chi connectivity index (χ2v) is 4.87. The van der Waals surface area contributed by atoms with E-state index in [4.69, 9.17) is 0 Å². The van der Waals surface area contributed by atoms with Crippen molar-refractivity contribution in [1.82, 2.24) is 9.80 Å². The predicted molar refractivity (Wildman–Crippen MR) is 69.1 cm³/mol. The first-order chi connectivity index (χ1) is 9.91. The number of nitrogens with zero attached hydrogens (tertiary/aromatic N) is 2. The third-order valence-electron chi connectivity index (χ3n) is 3.49. The molecule has 1 heterocycles. The molecule has 1 aliphatic heterocycles. The van der Waals surface area contributed by atoms with Gasteiger partial charge in [0, 0.05) is 33.1 Å². The fraction of sp³-hybridized carbons (Fsp3) is 0.429. The molecule has 0 aliphatic carbocycles. The average molecular weight is 300 g/mol.